The van der Waals surface area contributed by atoms with Crippen molar-refractivity contribution in [1.82, 2.24) is 0 Å². The second kappa shape index (κ2) is 5.20. The molecule has 7 aromatic rings. The molecule has 0 fully saturated rings. The van der Waals surface area contributed by atoms with Gasteiger partial charge in [-0.3, -0.25) is 0 Å². The fraction of sp³-hybridized carbons (Fsp3) is 0.302. The van der Waals surface area contributed by atoms with Gasteiger partial charge < -0.3 is 0 Å². The van der Waals surface area contributed by atoms with Crippen LogP contribution in [0.4, 0.5) is 0 Å². The molecule has 6 unspecified atom stereocenters. The summed E-state index contributed by atoms with van der Waals surface area (Å²) < 4.78 is 0. The first-order chi connectivity index (χ1) is 21.4. The number of allylic oxidation sites excluding steroid dienone is 4. The van der Waals surface area contributed by atoms with Crippen LogP contribution in [0.2, 0.25) is 25.7 Å². The van der Waals surface area contributed by atoms with Crippen molar-refractivity contribution in [2.45, 2.75) is 68.1 Å². The summed E-state index contributed by atoms with van der Waals surface area (Å²) in [5, 5.41) is 22.0. The Morgan fingerprint density at radius 2 is 1.59 bits per heavy atom. The average molecular weight is 573 g/mol. The van der Waals surface area contributed by atoms with E-state index in [1.807, 2.05) is 22.3 Å². The Morgan fingerprint density at radius 1 is 0.705 bits per heavy atom. The third kappa shape index (κ3) is 1.50. The lowest BCUT2D eigenvalue weighted by molar-refractivity contribution is 0.222. The number of hydrogen-bond acceptors (Lipinski definition) is 0. The monoisotopic (exact) mass is 572 g/mol. The van der Waals surface area contributed by atoms with Gasteiger partial charge in [0.05, 0.1) is 0 Å². The molecule has 0 spiro atoms. The molecule has 0 N–H and O–H groups in total. The first-order valence-corrected chi connectivity index (χ1v) is 21.1. The van der Waals surface area contributed by atoms with E-state index in [1.165, 1.54) is 24.3 Å². The van der Waals surface area contributed by atoms with E-state index in [0.29, 0.717) is 23.7 Å². The predicted octanol–water partition coefficient (Wildman–Crippen LogP) is 9.45. The molecular formula is C43H28Si. The van der Waals surface area contributed by atoms with E-state index in [1.54, 1.807) is 103 Å². The minimum absolute atomic E-state index is 0.155. The Balaban J connectivity index is 1.38. The van der Waals surface area contributed by atoms with Crippen LogP contribution in [0.25, 0.3) is 76.3 Å². The van der Waals surface area contributed by atoms with Crippen LogP contribution in [-0.2, 0) is 24.7 Å². The summed E-state index contributed by atoms with van der Waals surface area (Å²) in [6.07, 6.45) is 11.9. The predicted molar refractivity (Wildman–Crippen MR) is 185 cm³/mol. The van der Waals surface area contributed by atoms with Crippen molar-refractivity contribution in [2.24, 2.45) is 11.8 Å². The van der Waals surface area contributed by atoms with Crippen molar-refractivity contribution in [1.29, 1.82) is 0 Å². The first-order valence-electron chi connectivity index (χ1n) is 17.4. The molecule has 204 valence electrons. The third-order valence-electron chi connectivity index (χ3n) is 15.2. The minimum Gasteiger partial charge on any atom is -0.0769 e. The van der Waals surface area contributed by atoms with Gasteiger partial charge in [-0.2, -0.15) is 0 Å². The highest BCUT2D eigenvalue weighted by Crippen LogP contribution is 2.79. The van der Waals surface area contributed by atoms with Crippen molar-refractivity contribution in [3.63, 3.8) is 0 Å². The molecule has 1 heteroatoms. The van der Waals surface area contributed by atoms with Crippen LogP contribution in [0.1, 0.15) is 67.8 Å². The van der Waals surface area contributed by atoms with Gasteiger partial charge in [0.2, 0.25) is 0 Å². The highest BCUT2D eigenvalue weighted by Gasteiger charge is 2.67. The fourth-order valence-electron chi connectivity index (χ4n) is 15.1. The summed E-state index contributed by atoms with van der Waals surface area (Å²) in [5.41, 5.74) is 19.5. The van der Waals surface area contributed by atoms with Gasteiger partial charge in [0.15, 0.2) is 0 Å². The van der Waals surface area contributed by atoms with Crippen LogP contribution in [0.15, 0.2) is 35.9 Å². The van der Waals surface area contributed by atoms with E-state index in [-0.39, 0.29) is 5.41 Å². The Hall–Kier alpha value is -3.68. The van der Waals surface area contributed by atoms with Gasteiger partial charge in [-0.1, -0.05) is 50.0 Å². The minimum atomic E-state index is -1.50. The van der Waals surface area contributed by atoms with E-state index in [4.69, 9.17) is 0 Å². The van der Waals surface area contributed by atoms with Gasteiger partial charge in [0, 0.05) is 31.2 Å². The van der Waals surface area contributed by atoms with Gasteiger partial charge in [-0.05, 0) is 174 Å². The largest absolute Gasteiger partial charge is 0.0769 e. The van der Waals surface area contributed by atoms with E-state index >= 15 is 0 Å². The molecule has 0 aliphatic heterocycles. The Kier molecular flexibility index (Phi) is 2.41. The van der Waals surface area contributed by atoms with Crippen LogP contribution < -0.4 is 5.22 Å². The standard InChI is InChI=1S/C43H28Si/c1-44(2,3)13-43-40-30-21-11-18-9-20-8-15-4-14-6-19-7-16-5-17-10-22(12-21)31(40)37-26(17)25(16)33-28(19)32-23(14)24(15)34-29(20)36(27(18)30)41(43)39(34)35(32)38(33)42(37)43/h4,7-11,19,21,27,30,40H,5-6,12-13H2,1-3H3. The molecule has 0 nitrogen and oxygen atoms in total. The summed E-state index contributed by atoms with van der Waals surface area (Å²) in [7, 11) is -1.50. The maximum atomic E-state index is 2.81. The summed E-state index contributed by atoms with van der Waals surface area (Å²) in [4.78, 5) is 0. The molecule has 0 saturated carbocycles. The zero-order valence-electron chi connectivity index (χ0n) is 25.2. The Bertz CT molecular complexity index is 2990. The summed E-state index contributed by atoms with van der Waals surface area (Å²) >= 11 is 0. The number of benzene rings is 4. The smallest absolute Gasteiger partial charge is 0.0455 e. The SMILES string of the molecule is C[Si](C)(C)CC12c3c4c5c6cc7c4c4c8c9c%10c%11c(cc%12cc%13c%14c(c1c(c%10c38)c%14c%12%11)C1C(=CC(C6)C1C52)C=%13)CC9C=C4C7. The zero-order valence-corrected chi connectivity index (χ0v) is 26.2. The Labute approximate surface area is 254 Å². The van der Waals surface area contributed by atoms with Gasteiger partial charge in [-0.25, -0.2) is 0 Å². The van der Waals surface area contributed by atoms with Crippen LogP contribution in [0.5, 0.6) is 0 Å². The van der Waals surface area contributed by atoms with E-state index in [9.17, 15) is 0 Å². The van der Waals surface area contributed by atoms with Crippen LogP contribution in [-0.4, -0.2) is 8.07 Å². The topological polar surface area (TPSA) is 0 Å². The maximum Gasteiger partial charge on any atom is 0.0455 e. The molecule has 9 aliphatic rings. The molecule has 0 amide bonds. The van der Waals surface area contributed by atoms with Gasteiger partial charge in [0.25, 0.3) is 0 Å². The lowest BCUT2D eigenvalue weighted by Gasteiger charge is -2.54. The average Bonchev–Trinajstić information content (AvgIpc) is 3.78. The molecular weight excluding hydrogens is 545 g/mol. The first kappa shape index (κ1) is 20.4. The molecule has 0 heterocycles. The van der Waals surface area contributed by atoms with Gasteiger partial charge in [-0.15, -0.1) is 0 Å². The van der Waals surface area contributed by atoms with Crippen molar-refractivity contribution in [2.75, 3.05) is 0 Å². The molecule has 7 aromatic carbocycles. The van der Waals surface area contributed by atoms with Crippen molar-refractivity contribution < 1.29 is 0 Å². The van der Waals surface area contributed by atoms with Crippen molar-refractivity contribution in [3.05, 3.63) is 91.2 Å². The lowest BCUT2D eigenvalue weighted by atomic mass is 9.51. The zero-order chi connectivity index (χ0) is 27.8. The highest BCUT2D eigenvalue weighted by molar-refractivity contribution is 6.76. The molecule has 9 aliphatic carbocycles. The van der Waals surface area contributed by atoms with Gasteiger partial charge in [0.1, 0.15) is 0 Å². The molecule has 16 rings (SSSR count). The second-order valence-corrected chi connectivity index (χ2v) is 23.5. The number of rotatable bonds is 2. The molecule has 0 saturated heterocycles. The lowest BCUT2D eigenvalue weighted by Crippen LogP contribution is -2.49. The van der Waals surface area contributed by atoms with E-state index in [2.05, 4.69) is 56.1 Å². The number of hydrogen-bond donors (Lipinski definition) is 0. The second-order valence-electron chi connectivity index (χ2n) is 18.0. The molecule has 0 bridgehead atoms. The molecule has 44 heavy (non-hydrogen) atoms. The summed E-state index contributed by atoms with van der Waals surface area (Å²) in [6, 6.07) is 9.46. The third-order valence-corrected chi connectivity index (χ3v) is 16.8. The van der Waals surface area contributed by atoms with E-state index < -0.39 is 8.07 Å². The molecule has 6 atom stereocenters. The van der Waals surface area contributed by atoms with Crippen LogP contribution >= 0.6 is 0 Å². The van der Waals surface area contributed by atoms with Crippen molar-refractivity contribution in [3.8, 4) is 0 Å². The molecule has 0 radical (unpaired) electrons. The maximum absolute atomic E-state index is 2.81. The summed E-state index contributed by atoms with van der Waals surface area (Å²) in [5.74, 6) is 3.20. The quantitative estimate of drug-likeness (QED) is 0.181. The fourth-order valence-corrected chi connectivity index (χ4v) is 17.3. The van der Waals surface area contributed by atoms with Gasteiger partial charge >= 0.3 is 0 Å². The van der Waals surface area contributed by atoms with Crippen LogP contribution in [0.3, 0.4) is 0 Å². The van der Waals surface area contributed by atoms with E-state index in [0.717, 1.165) is 12.3 Å². The molecule has 0 aromatic heterocycles. The normalized spacial score (nSPS) is 32.1. The highest BCUT2D eigenvalue weighted by atomic mass is 28.3. The summed E-state index contributed by atoms with van der Waals surface area (Å²) in [6.45, 7) is 8.08. The van der Waals surface area contributed by atoms with Crippen molar-refractivity contribution >= 4 is 84.4 Å². The Morgan fingerprint density at radius 3 is 2.50 bits per heavy atom. The van der Waals surface area contributed by atoms with Crippen LogP contribution in [0, 0.1) is 11.8 Å².